The van der Waals surface area contributed by atoms with Gasteiger partial charge in [0.1, 0.15) is 22.8 Å². The minimum Gasteiger partial charge on any atom is -0.497 e. The molecule has 0 fully saturated rings. The summed E-state index contributed by atoms with van der Waals surface area (Å²) in [5, 5.41) is 5.41. The fourth-order valence-corrected chi connectivity index (χ4v) is 3.52. The van der Waals surface area contributed by atoms with E-state index in [0.717, 1.165) is 12.1 Å². The van der Waals surface area contributed by atoms with E-state index in [1.807, 2.05) is 0 Å². The van der Waals surface area contributed by atoms with Gasteiger partial charge < -0.3 is 24.5 Å². The number of para-hydroxylation sites is 1. The van der Waals surface area contributed by atoms with Crippen LogP contribution in [-0.2, 0) is 6.18 Å². The number of benzene rings is 3. The summed E-state index contributed by atoms with van der Waals surface area (Å²) in [6.07, 6.45) is -4.74. The molecule has 0 saturated heterocycles. The normalized spacial score (nSPS) is 11.2. The van der Waals surface area contributed by atoms with E-state index in [-0.39, 0.29) is 17.0 Å². The second-order valence-corrected chi connectivity index (χ2v) is 7.32. The van der Waals surface area contributed by atoms with Gasteiger partial charge in [-0.3, -0.25) is 9.59 Å². The van der Waals surface area contributed by atoms with Gasteiger partial charge in [-0.25, -0.2) is 0 Å². The van der Waals surface area contributed by atoms with Crippen molar-refractivity contribution in [3.8, 4) is 11.5 Å². The van der Waals surface area contributed by atoms with Gasteiger partial charge in [0.15, 0.2) is 0 Å². The van der Waals surface area contributed by atoms with E-state index in [1.54, 1.807) is 42.5 Å². The summed E-state index contributed by atoms with van der Waals surface area (Å²) < 4.78 is 56.4. The Morgan fingerprint density at radius 2 is 1.57 bits per heavy atom. The third kappa shape index (κ3) is 4.77. The molecular formula is C25H19F3N2O5. The van der Waals surface area contributed by atoms with Crippen molar-refractivity contribution in [1.29, 1.82) is 0 Å². The van der Waals surface area contributed by atoms with Crippen molar-refractivity contribution < 1.29 is 36.7 Å². The summed E-state index contributed by atoms with van der Waals surface area (Å²) >= 11 is 0. The lowest BCUT2D eigenvalue weighted by Gasteiger charge is -2.13. The topological polar surface area (TPSA) is 89.8 Å². The highest BCUT2D eigenvalue weighted by molar-refractivity contribution is 6.17. The molecule has 0 aliphatic rings. The zero-order valence-electron chi connectivity index (χ0n) is 18.5. The number of ether oxygens (including phenoxy) is 2. The highest BCUT2D eigenvalue weighted by Gasteiger charge is 2.35. The Kier molecular flexibility index (Phi) is 6.37. The molecule has 3 aromatic carbocycles. The standard InChI is InChI=1S/C25H19F3N2O5/c1-33-14-11-12-18(20(13-14)34-2)29-24(32)22-21(16-8-4-6-10-19(16)35-22)30-23(31)15-7-3-5-9-17(15)25(26,27)28/h3-13H,1-2H3,(H,29,32)(H,30,31). The molecular weight excluding hydrogens is 465 g/mol. The molecule has 35 heavy (non-hydrogen) atoms. The van der Waals surface area contributed by atoms with Crippen LogP contribution in [0.1, 0.15) is 26.5 Å². The number of amides is 2. The molecule has 1 aromatic heterocycles. The van der Waals surface area contributed by atoms with Crippen molar-refractivity contribution >= 4 is 34.2 Å². The molecule has 180 valence electrons. The summed E-state index contributed by atoms with van der Waals surface area (Å²) in [5.41, 5.74) is -1.20. The summed E-state index contributed by atoms with van der Waals surface area (Å²) in [6.45, 7) is 0. The van der Waals surface area contributed by atoms with Gasteiger partial charge in [0.05, 0.1) is 31.0 Å². The minimum absolute atomic E-state index is 0.0624. The maximum Gasteiger partial charge on any atom is 0.417 e. The van der Waals surface area contributed by atoms with Gasteiger partial charge >= 0.3 is 6.18 Å². The Morgan fingerprint density at radius 3 is 2.29 bits per heavy atom. The quantitative estimate of drug-likeness (QED) is 0.352. The molecule has 4 rings (SSSR count). The molecule has 2 amide bonds. The Hall–Kier alpha value is -4.47. The lowest BCUT2D eigenvalue weighted by atomic mass is 10.1. The van der Waals surface area contributed by atoms with Crippen molar-refractivity contribution in [1.82, 2.24) is 0 Å². The van der Waals surface area contributed by atoms with Gasteiger partial charge in [0.25, 0.3) is 11.8 Å². The Labute approximate surface area is 197 Å². The number of hydrogen-bond acceptors (Lipinski definition) is 5. The fourth-order valence-electron chi connectivity index (χ4n) is 3.52. The van der Waals surface area contributed by atoms with E-state index >= 15 is 0 Å². The molecule has 4 aromatic rings. The number of hydrogen-bond donors (Lipinski definition) is 2. The Morgan fingerprint density at radius 1 is 0.857 bits per heavy atom. The van der Waals surface area contributed by atoms with Crippen molar-refractivity contribution in [2.45, 2.75) is 6.18 Å². The highest BCUT2D eigenvalue weighted by atomic mass is 19.4. The first-order valence-electron chi connectivity index (χ1n) is 10.3. The number of furan rings is 1. The molecule has 0 spiro atoms. The highest BCUT2D eigenvalue weighted by Crippen LogP contribution is 2.36. The smallest absolute Gasteiger partial charge is 0.417 e. The Bertz CT molecular complexity index is 1410. The maximum atomic E-state index is 13.4. The molecule has 0 unspecified atom stereocenters. The first-order valence-corrected chi connectivity index (χ1v) is 10.3. The number of alkyl halides is 3. The number of carbonyl (C=O) groups is 2. The molecule has 0 radical (unpaired) electrons. The van der Waals surface area contributed by atoms with E-state index in [0.29, 0.717) is 22.6 Å². The summed E-state index contributed by atoms with van der Waals surface area (Å²) in [7, 11) is 2.89. The number of methoxy groups -OCH3 is 2. The zero-order chi connectivity index (χ0) is 25.2. The van der Waals surface area contributed by atoms with Crippen LogP contribution in [0.25, 0.3) is 11.0 Å². The molecule has 0 aliphatic heterocycles. The SMILES string of the molecule is COc1ccc(NC(=O)c2oc3ccccc3c2NC(=O)c2ccccc2C(F)(F)F)c(OC)c1. The lowest BCUT2D eigenvalue weighted by Crippen LogP contribution is -2.20. The van der Waals surface area contributed by atoms with Gasteiger partial charge in [0, 0.05) is 11.5 Å². The monoisotopic (exact) mass is 484 g/mol. The Balaban J connectivity index is 1.72. The molecule has 7 nitrogen and oxygen atoms in total. The van der Waals surface area contributed by atoms with Crippen molar-refractivity contribution in [2.24, 2.45) is 0 Å². The predicted molar refractivity (Wildman–Crippen MR) is 123 cm³/mol. The van der Waals surface area contributed by atoms with E-state index < -0.39 is 29.1 Å². The van der Waals surface area contributed by atoms with Gasteiger partial charge in [-0.1, -0.05) is 24.3 Å². The molecule has 10 heteroatoms. The number of carbonyl (C=O) groups excluding carboxylic acids is 2. The average molecular weight is 484 g/mol. The maximum absolute atomic E-state index is 13.4. The number of halogens is 3. The van der Waals surface area contributed by atoms with Crippen LogP contribution in [0.2, 0.25) is 0 Å². The van der Waals surface area contributed by atoms with Crippen LogP contribution in [0.3, 0.4) is 0 Å². The molecule has 0 bridgehead atoms. The third-order valence-corrected chi connectivity index (χ3v) is 5.17. The number of rotatable bonds is 6. The van der Waals surface area contributed by atoms with Crippen molar-refractivity contribution in [3.05, 3.63) is 83.6 Å². The molecule has 1 heterocycles. The number of nitrogens with one attached hydrogen (secondary N) is 2. The van der Waals surface area contributed by atoms with Crippen molar-refractivity contribution in [3.63, 3.8) is 0 Å². The van der Waals surface area contributed by atoms with Crippen LogP contribution >= 0.6 is 0 Å². The van der Waals surface area contributed by atoms with Gasteiger partial charge in [-0.2, -0.15) is 13.2 Å². The van der Waals surface area contributed by atoms with Crippen LogP contribution in [-0.4, -0.2) is 26.0 Å². The summed E-state index contributed by atoms with van der Waals surface area (Å²) in [4.78, 5) is 26.1. The molecule has 0 saturated carbocycles. The van der Waals surface area contributed by atoms with Gasteiger partial charge in [-0.05, 0) is 36.4 Å². The van der Waals surface area contributed by atoms with Gasteiger partial charge in [-0.15, -0.1) is 0 Å². The van der Waals surface area contributed by atoms with Crippen LogP contribution in [0.4, 0.5) is 24.5 Å². The van der Waals surface area contributed by atoms with Crippen LogP contribution < -0.4 is 20.1 Å². The second-order valence-electron chi connectivity index (χ2n) is 7.32. The van der Waals surface area contributed by atoms with Gasteiger partial charge in [0.2, 0.25) is 5.76 Å². The van der Waals surface area contributed by atoms with E-state index in [2.05, 4.69) is 10.6 Å². The third-order valence-electron chi connectivity index (χ3n) is 5.17. The molecule has 0 aliphatic carbocycles. The molecule has 2 N–H and O–H groups in total. The minimum atomic E-state index is -4.74. The second kappa shape index (κ2) is 9.41. The largest absolute Gasteiger partial charge is 0.497 e. The van der Waals surface area contributed by atoms with E-state index in [4.69, 9.17) is 13.9 Å². The zero-order valence-corrected chi connectivity index (χ0v) is 18.5. The van der Waals surface area contributed by atoms with Crippen LogP contribution in [0.15, 0.2) is 71.1 Å². The first-order chi connectivity index (χ1) is 16.7. The summed E-state index contributed by atoms with van der Waals surface area (Å²) in [5.74, 6) is -1.27. The number of fused-ring (bicyclic) bond motifs is 1. The first kappa shape index (κ1) is 23.7. The fraction of sp³-hybridized carbons (Fsp3) is 0.120. The van der Waals surface area contributed by atoms with E-state index in [1.165, 1.54) is 26.4 Å². The van der Waals surface area contributed by atoms with Crippen LogP contribution in [0.5, 0.6) is 11.5 Å². The predicted octanol–water partition coefficient (Wildman–Crippen LogP) is 5.97. The average Bonchev–Trinajstić information content (AvgIpc) is 3.22. The van der Waals surface area contributed by atoms with Crippen LogP contribution in [0, 0.1) is 0 Å². The summed E-state index contributed by atoms with van der Waals surface area (Å²) in [6, 6.07) is 15.5. The van der Waals surface area contributed by atoms with E-state index in [9.17, 15) is 22.8 Å². The van der Waals surface area contributed by atoms with Crippen molar-refractivity contribution in [2.75, 3.05) is 24.9 Å². The number of anilines is 2. The lowest BCUT2D eigenvalue weighted by molar-refractivity contribution is -0.137. The molecule has 0 atom stereocenters.